The third-order valence-corrected chi connectivity index (χ3v) is 5.04. The number of aromatic nitrogens is 2. The molecule has 0 bridgehead atoms. The molecule has 0 unspecified atom stereocenters. The van der Waals surface area contributed by atoms with Crippen LogP contribution in [0.2, 0.25) is 5.02 Å². The molecule has 0 N–H and O–H groups in total. The Morgan fingerprint density at radius 1 is 1.20 bits per heavy atom. The standard InChI is InChI=1S/C15H10ClFN2S/c16-9-4-3-5-10(17)14(9)15-19-12-7-2-1-6-11(12)18-13(19)8-20-15/h1-7,15H,8H2/t15-/m1/s1. The van der Waals surface area contributed by atoms with Gasteiger partial charge in [0.25, 0.3) is 0 Å². The Morgan fingerprint density at radius 3 is 2.90 bits per heavy atom. The van der Waals surface area contributed by atoms with Gasteiger partial charge in [0.15, 0.2) is 0 Å². The maximum Gasteiger partial charge on any atom is 0.130 e. The first-order chi connectivity index (χ1) is 9.75. The van der Waals surface area contributed by atoms with Crippen LogP contribution in [0.5, 0.6) is 0 Å². The first kappa shape index (κ1) is 12.2. The summed E-state index contributed by atoms with van der Waals surface area (Å²) < 4.78 is 16.3. The molecule has 100 valence electrons. The van der Waals surface area contributed by atoms with Gasteiger partial charge in [-0.2, -0.15) is 0 Å². The monoisotopic (exact) mass is 304 g/mol. The van der Waals surface area contributed by atoms with Gasteiger partial charge < -0.3 is 4.57 Å². The summed E-state index contributed by atoms with van der Waals surface area (Å²) in [4.78, 5) is 4.60. The van der Waals surface area contributed by atoms with Crippen LogP contribution in [-0.4, -0.2) is 9.55 Å². The lowest BCUT2D eigenvalue weighted by atomic mass is 10.2. The Morgan fingerprint density at radius 2 is 2.05 bits per heavy atom. The van der Waals surface area contributed by atoms with E-state index in [1.54, 1.807) is 23.9 Å². The number of imidazole rings is 1. The summed E-state index contributed by atoms with van der Waals surface area (Å²) in [6.07, 6.45) is 0. The van der Waals surface area contributed by atoms with Crippen molar-refractivity contribution in [3.63, 3.8) is 0 Å². The highest BCUT2D eigenvalue weighted by molar-refractivity contribution is 7.99. The molecule has 0 radical (unpaired) electrons. The van der Waals surface area contributed by atoms with Crippen molar-refractivity contribution in [2.24, 2.45) is 0 Å². The lowest BCUT2D eigenvalue weighted by Crippen LogP contribution is -2.06. The highest BCUT2D eigenvalue weighted by Crippen LogP contribution is 2.45. The lowest BCUT2D eigenvalue weighted by Gasteiger charge is -2.16. The van der Waals surface area contributed by atoms with E-state index in [1.807, 2.05) is 24.3 Å². The van der Waals surface area contributed by atoms with Gasteiger partial charge in [0, 0.05) is 10.6 Å². The van der Waals surface area contributed by atoms with Gasteiger partial charge >= 0.3 is 0 Å². The molecule has 1 aromatic heterocycles. The predicted octanol–water partition coefficient (Wildman–Crippen LogP) is 4.62. The second kappa shape index (κ2) is 4.50. The second-order valence-electron chi connectivity index (χ2n) is 4.69. The minimum Gasteiger partial charge on any atom is -0.310 e. The molecule has 0 fully saturated rings. The maximum atomic E-state index is 14.2. The summed E-state index contributed by atoms with van der Waals surface area (Å²) in [6.45, 7) is 0. The van der Waals surface area contributed by atoms with Crippen LogP contribution in [0.3, 0.4) is 0 Å². The zero-order valence-corrected chi connectivity index (χ0v) is 12.0. The van der Waals surface area contributed by atoms with Gasteiger partial charge in [-0.15, -0.1) is 11.8 Å². The lowest BCUT2D eigenvalue weighted by molar-refractivity contribution is 0.599. The van der Waals surface area contributed by atoms with Crippen molar-refractivity contribution in [1.82, 2.24) is 9.55 Å². The van der Waals surface area contributed by atoms with Crippen LogP contribution < -0.4 is 0 Å². The van der Waals surface area contributed by atoms with Crippen molar-refractivity contribution < 1.29 is 4.39 Å². The average molecular weight is 305 g/mol. The van der Waals surface area contributed by atoms with Gasteiger partial charge in [-0.25, -0.2) is 9.37 Å². The average Bonchev–Trinajstić information content (AvgIpc) is 2.98. The Kier molecular flexibility index (Phi) is 2.75. The van der Waals surface area contributed by atoms with Gasteiger partial charge in [0.05, 0.1) is 16.8 Å². The first-order valence-electron chi connectivity index (χ1n) is 6.27. The molecule has 5 heteroatoms. The smallest absolute Gasteiger partial charge is 0.130 e. The maximum absolute atomic E-state index is 14.2. The molecule has 2 nitrogen and oxygen atoms in total. The molecule has 3 aromatic rings. The largest absolute Gasteiger partial charge is 0.310 e. The number of hydrogen-bond acceptors (Lipinski definition) is 2. The fourth-order valence-electron chi connectivity index (χ4n) is 2.64. The van der Waals surface area contributed by atoms with Gasteiger partial charge in [-0.3, -0.25) is 0 Å². The van der Waals surface area contributed by atoms with Crippen molar-refractivity contribution in [3.05, 3.63) is 64.7 Å². The van der Waals surface area contributed by atoms with Gasteiger partial charge in [-0.1, -0.05) is 29.8 Å². The third kappa shape index (κ3) is 1.68. The summed E-state index contributed by atoms with van der Waals surface area (Å²) >= 11 is 7.86. The third-order valence-electron chi connectivity index (χ3n) is 3.52. The zero-order chi connectivity index (χ0) is 13.7. The van der Waals surface area contributed by atoms with Gasteiger partial charge in [-0.05, 0) is 24.3 Å². The molecule has 4 rings (SSSR count). The molecule has 2 aromatic carbocycles. The minimum absolute atomic E-state index is 0.147. The number of halogens is 2. The first-order valence-corrected chi connectivity index (χ1v) is 7.70. The Labute approximate surface area is 124 Å². The van der Waals surface area contributed by atoms with E-state index in [4.69, 9.17) is 11.6 Å². The molecular formula is C15H10ClFN2S. The fraction of sp³-hybridized carbons (Fsp3) is 0.133. The Balaban J connectivity index is 1.97. The van der Waals surface area contributed by atoms with Crippen LogP contribution in [0.15, 0.2) is 42.5 Å². The number of nitrogens with zero attached hydrogens (tertiary/aromatic N) is 2. The van der Waals surface area contributed by atoms with Crippen LogP contribution in [0.4, 0.5) is 4.39 Å². The van der Waals surface area contributed by atoms with Gasteiger partial charge in [0.2, 0.25) is 0 Å². The SMILES string of the molecule is Fc1cccc(Cl)c1[C@H]1SCc2nc3ccccc3n21. The van der Waals surface area contributed by atoms with E-state index in [1.165, 1.54) is 6.07 Å². The van der Waals surface area contributed by atoms with E-state index >= 15 is 0 Å². The molecular weight excluding hydrogens is 295 g/mol. The molecule has 1 atom stereocenters. The number of rotatable bonds is 1. The molecule has 0 saturated heterocycles. The van der Waals surface area contributed by atoms with Crippen LogP contribution >= 0.6 is 23.4 Å². The van der Waals surface area contributed by atoms with Gasteiger partial charge in [0.1, 0.15) is 17.0 Å². The summed E-state index contributed by atoms with van der Waals surface area (Å²) in [5.41, 5.74) is 2.51. The Hall–Kier alpha value is -1.52. The quantitative estimate of drug-likeness (QED) is 0.652. The molecule has 1 aliphatic heterocycles. The normalized spacial score (nSPS) is 17.6. The zero-order valence-electron chi connectivity index (χ0n) is 10.4. The number of benzene rings is 2. The second-order valence-corrected chi connectivity index (χ2v) is 6.16. The summed E-state index contributed by atoms with van der Waals surface area (Å²) in [7, 11) is 0. The van der Waals surface area contributed by atoms with Crippen LogP contribution in [0.25, 0.3) is 11.0 Å². The molecule has 2 heterocycles. The Bertz CT molecular complexity index is 794. The van der Waals surface area contributed by atoms with E-state index in [-0.39, 0.29) is 11.2 Å². The number of para-hydroxylation sites is 2. The van der Waals surface area contributed by atoms with E-state index in [0.29, 0.717) is 10.6 Å². The number of hydrogen-bond donors (Lipinski definition) is 0. The van der Waals surface area contributed by atoms with Crippen molar-refractivity contribution >= 4 is 34.4 Å². The molecule has 1 aliphatic rings. The van der Waals surface area contributed by atoms with E-state index in [2.05, 4.69) is 9.55 Å². The van der Waals surface area contributed by atoms with Crippen molar-refractivity contribution in [2.45, 2.75) is 11.1 Å². The summed E-state index contributed by atoms with van der Waals surface area (Å²) in [5.74, 6) is 1.48. The van der Waals surface area contributed by atoms with Crippen LogP contribution in [0, 0.1) is 5.82 Å². The highest BCUT2D eigenvalue weighted by atomic mass is 35.5. The van der Waals surface area contributed by atoms with Crippen molar-refractivity contribution in [1.29, 1.82) is 0 Å². The summed E-state index contributed by atoms with van der Waals surface area (Å²) in [5, 5.41) is 0.319. The fourth-order valence-corrected chi connectivity index (χ4v) is 4.28. The molecule has 20 heavy (non-hydrogen) atoms. The van der Waals surface area contributed by atoms with E-state index < -0.39 is 0 Å². The topological polar surface area (TPSA) is 17.8 Å². The van der Waals surface area contributed by atoms with E-state index in [0.717, 1.165) is 22.6 Å². The molecule has 0 spiro atoms. The number of thioether (sulfide) groups is 1. The molecule has 0 saturated carbocycles. The summed E-state index contributed by atoms with van der Waals surface area (Å²) in [6, 6.07) is 12.7. The van der Waals surface area contributed by atoms with Crippen molar-refractivity contribution in [3.8, 4) is 0 Å². The van der Waals surface area contributed by atoms with Crippen LogP contribution in [0.1, 0.15) is 16.8 Å². The molecule has 0 amide bonds. The molecule has 0 aliphatic carbocycles. The van der Waals surface area contributed by atoms with E-state index in [9.17, 15) is 4.39 Å². The predicted molar refractivity (Wildman–Crippen MR) is 80.6 cm³/mol. The number of fused-ring (bicyclic) bond motifs is 3. The van der Waals surface area contributed by atoms with Crippen LogP contribution in [-0.2, 0) is 5.75 Å². The highest BCUT2D eigenvalue weighted by Gasteiger charge is 2.30. The minimum atomic E-state index is -0.263. The van der Waals surface area contributed by atoms with Crippen molar-refractivity contribution in [2.75, 3.05) is 0 Å².